The first-order valence-corrected chi connectivity index (χ1v) is 10.5. The molecule has 162 valence electrons. The van der Waals surface area contributed by atoms with E-state index in [1.807, 2.05) is 54.6 Å². The van der Waals surface area contributed by atoms with Crippen molar-refractivity contribution in [3.63, 3.8) is 0 Å². The summed E-state index contributed by atoms with van der Waals surface area (Å²) in [5.41, 5.74) is -0.0238. The molecule has 7 nitrogen and oxygen atoms in total. The predicted molar refractivity (Wildman–Crippen MR) is 122 cm³/mol. The molecule has 0 radical (unpaired) electrons. The maximum Gasteiger partial charge on any atom is 0.407 e. The summed E-state index contributed by atoms with van der Waals surface area (Å²) in [5.74, 6) is -0.517. The SMILES string of the molecule is CC(C)(C)OC(=O)NCCN/C=C(/C#N)C(=O)Nc1ccccc1Sc1ccccc1. The molecule has 0 spiro atoms. The zero-order valence-electron chi connectivity index (χ0n) is 17.8. The van der Waals surface area contributed by atoms with Gasteiger partial charge < -0.3 is 20.7 Å². The van der Waals surface area contributed by atoms with Gasteiger partial charge in [0, 0.05) is 29.1 Å². The Hall–Kier alpha value is -3.44. The third kappa shape index (κ3) is 8.84. The van der Waals surface area contributed by atoms with Crippen molar-refractivity contribution in [2.24, 2.45) is 0 Å². The third-order valence-electron chi connectivity index (χ3n) is 3.66. The Morgan fingerprint density at radius 2 is 1.74 bits per heavy atom. The van der Waals surface area contributed by atoms with E-state index in [9.17, 15) is 14.9 Å². The topological polar surface area (TPSA) is 103 Å². The van der Waals surface area contributed by atoms with Gasteiger partial charge in [0.05, 0.1) is 5.69 Å². The van der Waals surface area contributed by atoms with Gasteiger partial charge in [0.25, 0.3) is 5.91 Å². The number of ether oxygens (including phenoxy) is 1. The number of nitriles is 1. The Morgan fingerprint density at radius 3 is 2.42 bits per heavy atom. The van der Waals surface area contributed by atoms with E-state index in [2.05, 4.69) is 16.0 Å². The Kier molecular flexibility index (Phi) is 8.97. The van der Waals surface area contributed by atoms with E-state index in [-0.39, 0.29) is 12.1 Å². The molecule has 0 saturated carbocycles. The van der Waals surface area contributed by atoms with Crippen LogP contribution in [0.2, 0.25) is 0 Å². The van der Waals surface area contributed by atoms with Crippen LogP contribution in [0.4, 0.5) is 10.5 Å². The number of benzene rings is 2. The minimum atomic E-state index is -0.571. The van der Waals surface area contributed by atoms with Gasteiger partial charge in [-0.15, -0.1) is 0 Å². The minimum absolute atomic E-state index is 0.0724. The number of alkyl carbamates (subject to hydrolysis) is 1. The van der Waals surface area contributed by atoms with E-state index < -0.39 is 17.6 Å². The summed E-state index contributed by atoms with van der Waals surface area (Å²) in [6.07, 6.45) is 0.808. The Balaban J connectivity index is 1.90. The van der Waals surface area contributed by atoms with Gasteiger partial charge in [-0.25, -0.2) is 4.79 Å². The van der Waals surface area contributed by atoms with Crippen molar-refractivity contribution in [1.82, 2.24) is 10.6 Å². The molecular weight excluding hydrogens is 412 g/mol. The fourth-order valence-electron chi connectivity index (χ4n) is 2.34. The number of rotatable bonds is 8. The van der Waals surface area contributed by atoms with Crippen molar-refractivity contribution in [3.8, 4) is 6.07 Å². The standard InChI is InChI=1S/C23H26N4O3S/c1-23(2,3)30-22(29)26-14-13-25-16-17(15-24)21(28)27-19-11-7-8-12-20(19)31-18-9-5-4-6-10-18/h4-12,16,25H,13-14H2,1-3H3,(H,26,29)(H,27,28)/b17-16-. The first kappa shape index (κ1) is 23.8. The first-order valence-electron chi connectivity index (χ1n) is 9.72. The van der Waals surface area contributed by atoms with Gasteiger partial charge in [0.1, 0.15) is 17.2 Å². The highest BCUT2D eigenvalue weighted by Crippen LogP contribution is 2.33. The lowest BCUT2D eigenvalue weighted by molar-refractivity contribution is -0.112. The summed E-state index contributed by atoms with van der Waals surface area (Å²) in [5, 5.41) is 17.6. The van der Waals surface area contributed by atoms with Crippen molar-refractivity contribution in [3.05, 3.63) is 66.4 Å². The Bertz CT molecular complexity index is 963. The van der Waals surface area contributed by atoms with E-state index in [0.29, 0.717) is 12.2 Å². The number of carbonyl (C=O) groups excluding carboxylic acids is 2. The van der Waals surface area contributed by atoms with Crippen molar-refractivity contribution >= 4 is 29.4 Å². The average molecular weight is 439 g/mol. The predicted octanol–water partition coefficient (Wildman–Crippen LogP) is 4.30. The van der Waals surface area contributed by atoms with Crippen LogP contribution in [-0.2, 0) is 9.53 Å². The average Bonchev–Trinajstić information content (AvgIpc) is 2.71. The lowest BCUT2D eigenvalue weighted by Gasteiger charge is -2.19. The lowest BCUT2D eigenvalue weighted by Crippen LogP contribution is -2.35. The number of nitrogens with one attached hydrogen (secondary N) is 3. The second-order valence-electron chi connectivity index (χ2n) is 7.42. The van der Waals surface area contributed by atoms with E-state index in [4.69, 9.17) is 4.74 Å². The number of hydrogen-bond acceptors (Lipinski definition) is 6. The number of anilines is 1. The van der Waals surface area contributed by atoms with Gasteiger partial charge in [0.2, 0.25) is 0 Å². The molecule has 0 aliphatic carbocycles. The van der Waals surface area contributed by atoms with Crippen LogP contribution in [-0.4, -0.2) is 30.7 Å². The highest BCUT2D eigenvalue weighted by Gasteiger charge is 2.15. The molecule has 8 heteroatoms. The second-order valence-corrected chi connectivity index (χ2v) is 8.53. The Morgan fingerprint density at radius 1 is 1.06 bits per heavy atom. The fourth-order valence-corrected chi connectivity index (χ4v) is 3.26. The maximum atomic E-state index is 12.5. The van der Waals surface area contributed by atoms with E-state index in [1.54, 1.807) is 26.8 Å². The summed E-state index contributed by atoms with van der Waals surface area (Å²) in [4.78, 5) is 26.0. The van der Waals surface area contributed by atoms with Gasteiger partial charge in [-0.05, 0) is 45.0 Å². The molecule has 2 aromatic carbocycles. The highest BCUT2D eigenvalue weighted by atomic mass is 32.2. The normalized spacial score (nSPS) is 11.2. The van der Waals surface area contributed by atoms with Crippen molar-refractivity contribution in [1.29, 1.82) is 5.26 Å². The van der Waals surface area contributed by atoms with Crippen molar-refractivity contribution < 1.29 is 14.3 Å². The van der Waals surface area contributed by atoms with Crippen molar-refractivity contribution in [2.45, 2.75) is 36.2 Å². The van der Waals surface area contributed by atoms with Gasteiger partial charge in [-0.2, -0.15) is 5.26 Å². The summed E-state index contributed by atoms with van der Waals surface area (Å²) < 4.78 is 5.13. The molecule has 0 unspecified atom stereocenters. The zero-order valence-corrected chi connectivity index (χ0v) is 18.6. The van der Waals surface area contributed by atoms with Gasteiger partial charge >= 0.3 is 6.09 Å². The largest absolute Gasteiger partial charge is 0.444 e. The third-order valence-corrected chi connectivity index (χ3v) is 4.74. The zero-order chi connectivity index (χ0) is 22.7. The summed E-state index contributed by atoms with van der Waals surface area (Å²) in [7, 11) is 0. The van der Waals surface area contributed by atoms with E-state index in [0.717, 1.165) is 9.79 Å². The molecule has 0 atom stereocenters. The quantitative estimate of drug-likeness (QED) is 0.323. The summed E-state index contributed by atoms with van der Waals surface area (Å²) in [6.45, 7) is 5.95. The molecule has 0 heterocycles. The van der Waals surface area contributed by atoms with Crippen LogP contribution in [0.3, 0.4) is 0 Å². The molecule has 2 amide bonds. The van der Waals surface area contributed by atoms with Crippen LogP contribution in [0, 0.1) is 11.3 Å². The first-order chi connectivity index (χ1) is 14.8. The molecule has 31 heavy (non-hydrogen) atoms. The number of hydrogen-bond donors (Lipinski definition) is 3. The van der Waals surface area contributed by atoms with Crippen LogP contribution in [0.1, 0.15) is 20.8 Å². The molecule has 0 fully saturated rings. The van der Waals surface area contributed by atoms with Crippen LogP contribution in [0.5, 0.6) is 0 Å². The molecule has 2 rings (SSSR count). The molecule has 0 aromatic heterocycles. The van der Waals surface area contributed by atoms with Crippen LogP contribution in [0.15, 0.2) is 76.2 Å². The van der Waals surface area contributed by atoms with Gasteiger partial charge in [-0.1, -0.05) is 42.1 Å². The summed E-state index contributed by atoms with van der Waals surface area (Å²) in [6, 6.07) is 19.1. The molecule has 2 aromatic rings. The maximum absolute atomic E-state index is 12.5. The molecule has 0 saturated heterocycles. The monoisotopic (exact) mass is 438 g/mol. The van der Waals surface area contributed by atoms with Gasteiger partial charge in [-0.3, -0.25) is 4.79 Å². The van der Waals surface area contributed by atoms with Crippen molar-refractivity contribution in [2.75, 3.05) is 18.4 Å². The highest BCUT2D eigenvalue weighted by molar-refractivity contribution is 7.99. The lowest BCUT2D eigenvalue weighted by atomic mass is 10.2. The minimum Gasteiger partial charge on any atom is -0.444 e. The molecule has 3 N–H and O–H groups in total. The van der Waals surface area contributed by atoms with E-state index in [1.165, 1.54) is 18.0 Å². The van der Waals surface area contributed by atoms with Crippen LogP contribution in [0.25, 0.3) is 0 Å². The molecular formula is C23H26N4O3S. The van der Waals surface area contributed by atoms with Crippen LogP contribution >= 0.6 is 11.8 Å². The second kappa shape index (κ2) is 11.7. The number of carbonyl (C=O) groups is 2. The Labute approximate surface area is 186 Å². The number of para-hydroxylation sites is 1. The van der Waals surface area contributed by atoms with Gasteiger partial charge in [0.15, 0.2) is 0 Å². The number of nitrogens with zero attached hydrogens (tertiary/aromatic N) is 1. The molecule has 0 bridgehead atoms. The van der Waals surface area contributed by atoms with Crippen LogP contribution < -0.4 is 16.0 Å². The smallest absolute Gasteiger partial charge is 0.407 e. The van der Waals surface area contributed by atoms with E-state index >= 15 is 0 Å². The fraction of sp³-hybridized carbons (Fsp3) is 0.261. The number of amides is 2. The molecule has 0 aliphatic rings. The summed E-state index contributed by atoms with van der Waals surface area (Å²) >= 11 is 1.52. The molecule has 0 aliphatic heterocycles.